The van der Waals surface area contributed by atoms with Gasteiger partial charge in [-0.1, -0.05) is 23.2 Å². The van der Waals surface area contributed by atoms with Crippen LogP contribution in [0.2, 0.25) is 10.0 Å². The molecule has 0 radical (unpaired) electrons. The van der Waals surface area contributed by atoms with Crippen LogP contribution >= 0.6 is 23.2 Å². The Balaban J connectivity index is 1.88. The van der Waals surface area contributed by atoms with Crippen LogP contribution in [0.4, 0.5) is 5.69 Å². The highest BCUT2D eigenvalue weighted by atomic mass is 35.5. The standard InChI is InChI=1S/C13H16Cl2N2O/c14-11-2-1-10(8-12(11)15)17-13(18)7-9-3-5-16-6-4-9/h1-2,8-9,16H,3-7H2,(H,17,18). The predicted molar refractivity (Wildman–Crippen MR) is 75.3 cm³/mol. The van der Waals surface area contributed by atoms with Crippen molar-refractivity contribution in [2.75, 3.05) is 18.4 Å². The van der Waals surface area contributed by atoms with Gasteiger partial charge in [-0.15, -0.1) is 0 Å². The molecule has 1 aromatic rings. The van der Waals surface area contributed by atoms with Crippen LogP contribution in [0.5, 0.6) is 0 Å². The van der Waals surface area contributed by atoms with Gasteiger partial charge in [0.2, 0.25) is 5.91 Å². The Labute approximate surface area is 117 Å². The van der Waals surface area contributed by atoms with E-state index in [0.29, 0.717) is 28.1 Å². The molecule has 0 aliphatic carbocycles. The fourth-order valence-electron chi connectivity index (χ4n) is 2.13. The lowest BCUT2D eigenvalue weighted by Crippen LogP contribution is -2.30. The van der Waals surface area contributed by atoms with Crippen LogP contribution in [0.1, 0.15) is 19.3 Å². The maximum atomic E-state index is 11.9. The molecule has 0 atom stereocenters. The van der Waals surface area contributed by atoms with E-state index >= 15 is 0 Å². The number of benzene rings is 1. The van der Waals surface area contributed by atoms with Crippen molar-refractivity contribution in [3.05, 3.63) is 28.2 Å². The van der Waals surface area contributed by atoms with Gasteiger partial charge in [-0.25, -0.2) is 0 Å². The van der Waals surface area contributed by atoms with Gasteiger partial charge in [0.15, 0.2) is 0 Å². The molecule has 18 heavy (non-hydrogen) atoms. The quantitative estimate of drug-likeness (QED) is 0.895. The van der Waals surface area contributed by atoms with Gasteiger partial charge in [0.25, 0.3) is 0 Å². The Morgan fingerprint density at radius 3 is 2.67 bits per heavy atom. The van der Waals surface area contributed by atoms with E-state index in [1.165, 1.54) is 0 Å². The number of piperidine rings is 1. The molecule has 0 unspecified atom stereocenters. The fourth-order valence-corrected chi connectivity index (χ4v) is 2.43. The molecule has 1 aromatic carbocycles. The van der Waals surface area contributed by atoms with Crippen molar-refractivity contribution in [1.29, 1.82) is 0 Å². The summed E-state index contributed by atoms with van der Waals surface area (Å²) in [7, 11) is 0. The topological polar surface area (TPSA) is 41.1 Å². The summed E-state index contributed by atoms with van der Waals surface area (Å²) in [5.41, 5.74) is 0.698. The largest absolute Gasteiger partial charge is 0.326 e. The van der Waals surface area contributed by atoms with E-state index in [0.717, 1.165) is 25.9 Å². The van der Waals surface area contributed by atoms with Crippen LogP contribution in [-0.4, -0.2) is 19.0 Å². The second kappa shape index (κ2) is 6.41. The summed E-state index contributed by atoms with van der Waals surface area (Å²) >= 11 is 11.7. The summed E-state index contributed by atoms with van der Waals surface area (Å²) < 4.78 is 0. The molecule has 1 aliphatic rings. The van der Waals surface area contributed by atoms with Gasteiger partial charge in [0.05, 0.1) is 10.0 Å². The second-order valence-corrected chi connectivity index (χ2v) is 5.39. The number of anilines is 1. The van der Waals surface area contributed by atoms with Crippen LogP contribution in [0, 0.1) is 5.92 Å². The SMILES string of the molecule is O=C(CC1CCNCC1)Nc1ccc(Cl)c(Cl)c1. The zero-order valence-electron chi connectivity index (χ0n) is 10.0. The molecule has 3 nitrogen and oxygen atoms in total. The number of carbonyl (C=O) groups is 1. The highest BCUT2D eigenvalue weighted by Crippen LogP contribution is 2.25. The van der Waals surface area contributed by atoms with Crippen molar-refractivity contribution >= 4 is 34.8 Å². The Bertz CT molecular complexity index is 431. The molecule has 1 amide bonds. The number of rotatable bonds is 3. The van der Waals surface area contributed by atoms with Crippen molar-refractivity contribution < 1.29 is 4.79 Å². The monoisotopic (exact) mass is 286 g/mol. The molecule has 0 spiro atoms. The Kier molecular flexibility index (Phi) is 4.87. The number of halogens is 2. The van der Waals surface area contributed by atoms with Gasteiger partial charge in [0, 0.05) is 12.1 Å². The van der Waals surface area contributed by atoms with Gasteiger partial charge in [-0.05, 0) is 50.0 Å². The van der Waals surface area contributed by atoms with E-state index in [2.05, 4.69) is 10.6 Å². The smallest absolute Gasteiger partial charge is 0.224 e. The van der Waals surface area contributed by atoms with E-state index in [4.69, 9.17) is 23.2 Å². The molecule has 1 fully saturated rings. The van der Waals surface area contributed by atoms with E-state index in [-0.39, 0.29) is 5.91 Å². The first-order chi connectivity index (χ1) is 8.65. The minimum atomic E-state index is 0.0419. The summed E-state index contributed by atoms with van der Waals surface area (Å²) in [6.07, 6.45) is 2.70. The maximum Gasteiger partial charge on any atom is 0.224 e. The minimum Gasteiger partial charge on any atom is -0.326 e. The van der Waals surface area contributed by atoms with Gasteiger partial charge in [0.1, 0.15) is 0 Å². The van der Waals surface area contributed by atoms with Crippen LogP contribution in [0.3, 0.4) is 0 Å². The Morgan fingerprint density at radius 2 is 2.00 bits per heavy atom. The third kappa shape index (κ3) is 3.87. The molecule has 0 aromatic heterocycles. The van der Waals surface area contributed by atoms with Gasteiger partial charge in [-0.3, -0.25) is 4.79 Å². The van der Waals surface area contributed by atoms with Gasteiger partial charge >= 0.3 is 0 Å². The summed E-state index contributed by atoms with van der Waals surface area (Å²) in [5.74, 6) is 0.523. The molecule has 1 saturated heterocycles. The fraction of sp³-hybridized carbons (Fsp3) is 0.462. The third-order valence-corrected chi connectivity index (χ3v) is 3.88. The van der Waals surface area contributed by atoms with Crippen LogP contribution < -0.4 is 10.6 Å². The summed E-state index contributed by atoms with van der Waals surface area (Å²) in [6, 6.07) is 5.11. The van der Waals surface area contributed by atoms with Crippen molar-refractivity contribution in [3.63, 3.8) is 0 Å². The lowest BCUT2D eigenvalue weighted by Gasteiger charge is -2.21. The number of carbonyl (C=O) groups excluding carboxylic acids is 1. The molecule has 0 bridgehead atoms. The molecular formula is C13H16Cl2N2O. The average Bonchev–Trinajstić information content (AvgIpc) is 2.35. The summed E-state index contributed by atoms with van der Waals surface area (Å²) in [6.45, 7) is 2.01. The second-order valence-electron chi connectivity index (χ2n) is 4.57. The number of hydrogen-bond donors (Lipinski definition) is 2. The van der Waals surface area contributed by atoms with Gasteiger partial charge in [-0.2, -0.15) is 0 Å². The predicted octanol–water partition coefficient (Wildman–Crippen LogP) is 3.32. The maximum absolute atomic E-state index is 11.9. The van der Waals surface area contributed by atoms with Crippen LogP contribution in [-0.2, 0) is 4.79 Å². The van der Waals surface area contributed by atoms with Crippen LogP contribution in [0.15, 0.2) is 18.2 Å². The lowest BCUT2D eigenvalue weighted by molar-refractivity contribution is -0.117. The Morgan fingerprint density at radius 1 is 1.28 bits per heavy atom. The van der Waals surface area contributed by atoms with Crippen LogP contribution in [0.25, 0.3) is 0 Å². The highest BCUT2D eigenvalue weighted by molar-refractivity contribution is 6.42. The van der Waals surface area contributed by atoms with Crippen molar-refractivity contribution in [2.45, 2.75) is 19.3 Å². The molecule has 1 aliphatic heterocycles. The van der Waals surface area contributed by atoms with E-state index in [9.17, 15) is 4.79 Å². The molecule has 5 heteroatoms. The molecule has 98 valence electrons. The molecular weight excluding hydrogens is 271 g/mol. The Hall–Kier alpha value is -0.770. The lowest BCUT2D eigenvalue weighted by atomic mass is 9.94. The van der Waals surface area contributed by atoms with Gasteiger partial charge < -0.3 is 10.6 Å². The highest BCUT2D eigenvalue weighted by Gasteiger charge is 2.16. The van der Waals surface area contributed by atoms with E-state index in [1.54, 1.807) is 18.2 Å². The third-order valence-electron chi connectivity index (χ3n) is 3.14. The van der Waals surface area contributed by atoms with E-state index < -0.39 is 0 Å². The molecule has 0 saturated carbocycles. The number of amides is 1. The molecule has 1 heterocycles. The molecule has 2 rings (SSSR count). The summed E-state index contributed by atoms with van der Waals surface area (Å²) in [4.78, 5) is 11.9. The number of hydrogen-bond acceptors (Lipinski definition) is 2. The first kappa shape index (κ1) is 13.7. The zero-order chi connectivity index (χ0) is 13.0. The first-order valence-corrected chi connectivity index (χ1v) is 6.86. The number of nitrogens with one attached hydrogen (secondary N) is 2. The normalized spacial score (nSPS) is 16.6. The summed E-state index contributed by atoms with van der Waals surface area (Å²) in [5, 5.41) is 7.09. The zero-order valence-corrected chi connectivity index (χ0v) is 11.5. The van der Waals surface area contributed by atoms with Crippen molar-refractivity contribution in [1.82, 2.24) is 5.32 Å². The first-order valence-electron chi connectivity index (χ1n) is 6.11. The van der Waals surface area contributed by atoms with Crippen molar-refractivity contribution in [3.8, 4) is 0 Å². The molecule has 2 N–H and O–H groups in total. The van der Waals surface area contributed by atoms with E-state index in [1.807, 2.05) is 0 Å². The average molecular weight is 287 g/mol. The minimum absolute atomic E-state index is 0.0419. The van der Waals surface area contributed by atoms with Crippen molar-refractivity contribution in [2.24, 2.45) is 5.92 Å².